The molecule has 1 aliphatic carbocycles. The number of aliphatic hydroxyl groups is 1. The molecule has 3 atom stereocenters. The van der Waals surface area contributed by atoms with E-state index in [1.807, 2.05) is 6.92 Å². The summed E-state index contributed by atoms with van der Waals surface area (Å²) in [5.74, 6) is -0.823. The second-order valence-electron chi connectivity index (χ2n) is 5.07. The Balaban J connectivity index is 2.02. The molecule has 0 bridgehead atoms. The third-order valence-electron chi connectivity index (χ3n) is 3.56. The van der Waals surface area contributed by atoms with Gasteiger partial charge in [0.05, 0.1) is 6.10 Å². The van der Waals surface area contributed by atoms with E-state index in [9.17, 15) is 13.9 Å². The number of halogens is 2. The minimum atomic E-state index is -0.427. The summed E-state index contributed by atoms with van der Waals surface area (Å²) in [5, 5.41) is 12.9. The Morgan fingerprint density at radius 2 is 2.11 bits per heavy atom. The number of hydrogen-bond acceptors (Lipinski definition) is 2. The SMILES string of the molecule is CC(NC1CCCC(O)C1)c1cc(F)ccc1F. The van der Waals surface area contributed by atoms with E-state index in [4.69, 9.17) is 0 Å². The molecule has 4 heteroatoms. The number of nitrogens with one attached hydrogen (secondary N) is 1. The monoisotopic (exact) mass is 255 g/mol. The number of hydrogen-bond donors (Lipinski definition) is 2. The maximum absolute atomic E-state index is 13.6. The molecule has 0 spiro atoms. The predicted molar refractivity (Wildman–Crippen MR) is 66.2 cm³/mol. The average Bonchev–Trinajstić information content (AvgIpc) is 2.32. The van der Waals surface area contributed by atoms with Crippen molar-refractivity contribution in [3.05, 3.63) is 35.4 Å². The van der Waals surface area contributed by atoms with Gasteiger partial charge >= 0.3 is 0 Å². The van der Waals surface area contributed by atoms with Gasteiger partial charge in [-0.3, -0.25) is 0 Å². The van der Waals surface area contributed by atoms with Gasteiger partial charge in [0.2, 0.25) is 0 Å². The van der Waals surface area contributed by atoms with Gasteiger partial charge in [0, 0.05) is 17.6 Å². The van der Waals surface area contributed by atoms with Crippen LogP contribution < -0.4 is 5.32 Å². The lowest BCUT2D eigenvalue weighted by atomic mass is 9.92. The molecule has 1 saturated carbocycles. The molecular weight excluding hydrogens is 236 g/mol. The van der Waals surface area contributed by atoms with Crippen LogP contribution in [0.3, 0.4) is 0 Å². The maximum atomic E-state index is 13.6. The van der Waals surface area contributed by atoms with Gasteiger partial charge in [-0.15, -0.1) is 0 Å². The predicted octanol–water partition coefficient (Wildman–Crippen LogP) is 2.92. The molecule has 0 saturated heterocycles. The lowest BCUT2D eigenvalue weighted by Crippen LogP contribution is -2.37. The fourth-order valence-electron chi connectivity index (χ4n) is 2.61. The van der Waals surface area contributed by atoms with E-state index < -0.39 is 11.6 Å². The van der Waals surface area contributed by atoms with Gasteiger partial charge in [0.1, 0.15) is 11.6 Å². The van der Waals surface area contributed by atoms with Crippen molar-refractivity contribution in [3.8, 4) is 0 Å². The lowest BCUT2D eigenvalue weighted by molar-refractivity contribution is 0.109. The van der Waals surface area contributed by atoms with Crippen molar-refractivity contribution in [3.63, 3.8) is 0 Å². The van der Waals surface area contributed by atoms with E-state index >= 15 is 0 Å². The van der Waals surface area contributed by atoms with Crippen LogP contribution in [0.2, 0.25) is 0 Å². The molecule has 0 amide bonds. The topological polar surface area (TPSA) is 32.3 Å². The van der Waals surface area contributed by atoms with Gasteiger partial charge < -0.3 is 10.4 Å². The van der Waals surface area contributed by atoms with Crippen molar-refractivity contribution in [1.82, 2.24) is 5.32 Å². The zero-order chi connectivity index (χ0) is 13.1. The fourth-order valence-corrected chi connectivity index (χ4v) is 2.61. The molecule has 1 fully saturated rings. The van der Waals surface area contributed by atoms with Crippen molar-refractivity contribution in [2.24, 2.45) is 0 Å². The van der Waals surface area contributed by atoms with Gasteiger partial charge in [-0.25, -0.2) is 8.78 Å². The molecule has 2 rings (SSSR count). The second kappa shape index (κ2) is 5.76. The van der Waals surface area contributed by atoms with Gasteiger partial charge in [-0.05, 0) is 50.8 Å². The molecule has 18 heavy (non-hydrogen) atoms. The molecule has 0 heterocycles. The molecule has 2 nitrogen and oxygen atoms in total. The largest absolute Gasteiger partial charge is 0.393 e. The van der Waals surface area contributed by atoms with Crippen LogP contribution in [0.1, 0.15) is 44.2 Å². The van der Waals surface area contributed by atoms with Gasteiger partial charge in [0.15, 0.2) is 0 Å². The van der Waals surface area contributed by atoms with E-state index in [0.29, 0.717) is 12.0 Å². The molecule has 1 aromatic rings. The van der Waals surface area contributed by atoms with Crippen LogP contribution in [-0.2, 0) is 0 Å². The highest BCUT2D eigenvalue weighted by Crippen LogP contribution is 2.23. The average molecular weight is 255 g/mol. The Hall–Kier alpha value is -1.00. The van der Waals surface area contributed by atoms with E-state index in [1.165, 1.54) is 6.07 Å². The Kier molecular flexibility index (Phi) is 4.30. The van der Waals surface area contributed by atoms with Gasteiger partial charge in [0.25, 0.3) is 0 Å². The van der Waals surface area contributed by atoms with Crippen molar-refractivity contribution < 1.29 is 13.9 Å². The van der Waals surface area contributed by atoms with Crippen molar-refractivity contribution in [2.75, 3.05) is 0 Å². The number of aliphatic hydroxyl groups excluding tert-OH is 1. The van der Waals surface area contributed by atoms with E-state index in [2.05, 4.69) is 5.32 Å². The summed E-state index contributed by atoms with van der Waals surface area (Å²) in [7, 11) is 0. The van der Waals surface area contributed by atoms with Crippen LogP contribution in [0.4, 0.5) is 8.78 Å². The van der Waals surface area contributed by atoms with Gasteiger partial charge in [-0.2, -0.15) is 0 Å². The van der Waals surface area contributed by atoms with E-state index in [1.54, 1.807) is 0 Å². The highest BCUT2D eigenvalue weighted by Gasteiger charge is 2.22. The molecule has 1 aromatic carbocycles. The Bertz CT molecular complexity index is 411. The number of rotatable bonds is 3. The van der Waals surface area contributed by atoms with E-state index in [-0.39, 0.29) is 18.2 Å². The summed E-state index contributed by atoms with van der Waals surface area (Å²) in [6.45, 7) is 1.82. The van der Waals surface area contributed by atoms with E-state index in [0.717, 1.165) is 31.4 Å². The summed E-state index contributed by atoms with van der Waals surface area (Å²) in [4.78, 5) is 0. The van der Waals surface area contributed by atoms with Crippen LogP contribution >= 0.6 is 0 Å². The minimum absolute atomic E-state index is 0.173. The first-order valence-electron chi connectivity index (χ1n) is 6.45. The molecule has 100 valence electrons. The minimum Gasteiger partial charge on any atom is -0.393 e. The standard InChI is InChI=1S/C14H19F2NO/c1-9(13-7-10(15)5-6-14(13)16)17-11-3-2-4-12(18)8-11/h5-7,9,11-12,17-18H,2-4,8H2,1H3. The van der Waals surface area contributed by atoms with Gasteiger partial charge in [-0.1, -0.05) is 0 Å². The zero-order valence-electron chi connectivity index (χ0n) is 10.5. The summed E-state index contributed by atoms with van der Waals surface area (Å²) in [6, 6.07) is 3.42. The summed E-state index contributed by atoms with van der Waals surface area (Å²) in [6.07, 6.45) is 3.18. The lowest BCUT2D eigenvalue weighted by Gasteiger charge is -2.29. The normalized spacial score (nSPS) is 26.0. The van der Waals surface area contributed by atoms with Crippen molar-refractivity contribution >= 4 is 0 Å². The Morgan fingerprint density at radius 3 is 2.83 bits per heavy atom. The van der Waals surface area contributed by atoms with Crippen LogP contribution in [0.15, 0.2) is 18.2 Å². The smallest absolute Gasteiger partial charge is 0.128 e. The molecule has 1 aliphatic rings. The first kappa shape index (κ1) is 13.4. The van der Waals surface area contributed by atoms with Crippen LogP contribution in [0.5, 0.6) is 0 Å². The highest BCUT2D eigenvalue weighted by atomic mass is 19.1. The summed E-state index contributed by atoms with van der Waals surface area (Å²) in [5.41, 5.74) is 0.343. The third kappa shape index (κ3) is 3.27. The molecule has 0 aliphatic heterocycles. The Morgan fingerprint density at radius 1 is 1.33 bits per heavy atom. The van der Waals surface area contributed by atoms with Crippen LogP contribution in [0, 0.1) is 11.6 Å². The number of benzene rings is 1. The van der Waals surface area contributed by atoms with Crippen LogP contribution in [0.25, 0.3) is 0 Å². The molecule has 0 aromatic heterocycles. The third-order valence-corrected chi connectivity index (χ3v) is 3.56. The molecule has 2 N–H and O–H groups in total. The molecule has 0 radical (unpaired) electrons. The van der Waals surface area contributed by atoms with Crippen molar-refractivity contribution in [1.29, 1.82) is 0 Å². The molecular formula is C14H19F2NO. The Labute approximate surface area is 106 Å². The first-order chi connectivity index (χ1) is 8.56. The first-order valence-corrected chi connectivity index (χ1v) is 6.45. The maximum Gasteiger partial charge on any atom is 0.128 e. The molecule has 3 unspecified atom stereocenters. The fraction of sp³-hybridized carbons (Fsp3) is 0.571. The van der Waals surface area contributed by atoms with Crippen LogP contribution in [-0.4, -0.2) is 17.3 Å². The van der Waals surface area contributed by atoms with Crippen molar-refractivity contribution in [2.45, 2.75) is 50.8 Å². The highest BCUT2D eigenvalue weighted by molar-refractivity contribution is 5.22. The summed E-state index contributed by atoms with van der Waals surface area (Å²) < 4.78 is 26.7. The summed E-state index contributed by atoms with van der Waals surface area (Å²) >= 11 is 0. The zero-order valence-corrected chi connectivity index (χ0v) is 10.5. The second-order valence-corrected chi connectivity index (χ2v) is 5.07. The quantitative estimate of drug-likeness (QED) is 0.870.